The van der Waals surface area contributed by atoms with Crippen LogP contribution in [0.15, 0.2) is 0 Å². The maximum atomic E-state index is 11.4. The van der Waals surface area contributed by atoms with E-state index in [1.165, 1.54) is 18.5 Å². The second-order valence-electron chi connectivity index (χ2n) is 4.89. The summed E-state index contributed by atoms with van der Waals surface area (Å²) in [7, 11) is 0. The van der Waals surface area contributed by atoms with Crippen molar-refractivity contribution in [2.45, 2.75) is 51.9 Å². The summed E-state index contributed by atoms with van der Waals surface area (Å²) in [6.45, 7) is 4.08. The van der Waals surface area contributed by atoms with Crippen molar-refractivity contribution in [3.63, 3.8) is 0 Å². The molecule has 0 bridgehead atoms. The van der Waals surface area contributed by atoms with Gasteiger partial charge in [-0.05, 0) is 37.2 Å². The van der Waals surface area contributed by atoms with Crippen LogP contribution in [0.5, 0.6) is 0 Å². The minimum absolute atomic E-state index is 0.248. The molecule has 2 N–H and O–H groups in total. The molecule has 0 atom stereocenters. The molecule has 0 unspecified atom stereocenters. The van der Waals surface area contributed by atoms with Crippen molar-refractivity contribution in [2.24, 2.45) is 0 Å². The van der Waals surface area contributed by atoms with Crippen LogP contribution in [0.3, 0.4) is 0 Å². The Morgan fingerprint density at radius 1 is 1.25 bits per heavy atom. The maximum Gasteiger partial charge on any atom is 0.337 e. The van der Waals surface area contributed by atoms with E-state index < -0.39 is 5.97 Å². The molecule has 0 amide bonds. The van der Waals surface area contributed by atoms with Gasteiger partial charge in [0.25, 0.3) is 0 Å². The summed E-state index contributed by atoms with van der Waals surface area (Å²) < 4.78 is 0. The Balaban J connectivity index is 2.53. The minimum Gasteiger partial charge on any atom is -0.478 e. The normalized spacial score (nSPS) is 15.9. The average molecular weight is 221 g/mol. The number of aromatic carboxylic acids is 1. The number of carboxylic acids is 1. The van der Waals surface area contributed by atoms with Crippen molar-refractivity contribution >= 4 is 5.97 Å². The molecular formula is C13H19NO2. The number of carboxylic acid groups (broad SMARTS) is 1. The number of aryl methyl sites for hydroxylation is 1. The van der Waals surface area contributed by atoms with Crippen LogP contribution in [0.2, 0.25) is 0 Å². The van der Waals surface area contributed by atoms with Crippen LogP contribution in [0.4, 0.5) is 0 Å². The Hall–Kier alpha value is -1.25. The lowest BCUT2D eigenvalue weighted by atomic mass is 10.00. The van der Waals surface area contributed by atoms with Gasteiger partial charge in [-0.25, -0.2) is 4.79 Å². The van der Waals surface area contributed by atoms with Crippen molar-refractivity contribution in [1.82, 2.24) is 4.98 Å². The van der Waals surface area contributed by atoms with Crippen molar-refractivity contribution in [3.05, 3.63) is 22.5 Å². The van der Waals surface area contributed by atoms with Gasteiger partial charge in [0.05, 0.1) is 5.56 Å². The Labute approximate surface area is 95.9 Å². The van der Waals surface area contributed by atoms with E-state index in [1.54, 1.807) is 0 Å². The SMILES string of the molecule is CC(C)c1[nH]c2c(c1C(=O)O)CCCCC2. The first-order valence-electron chi connectivity index (χ1n) is 6.08. The summed E-state index contributed by atoms with van der Waals surface area (Å²) in [5, 5.41) is 9.33. The summed E-state index contributed by atoms with van der Waals surface area (Å²) in [5.41, 5.74) is 3.68. The first-order valence-corrected chi connectivity index (χ1v) is 6.08. The summed E-state index contributed by atoms with van der Waals surface area (Å²) in [4.78, 5) is 14.7. The van der Waals surface area contributed by atoms with E-state index in [1.807, 2.05) is 13.8 Å². The lowest BCUT2D eigenvalue weighted by Crippen LogP contribution is -2.04. The van der Waals surface area contributed by atoms with Crippen molar-refractivity contribution in [1.29, 1.82) is 0 Å². The van der Waals surface area contributed by atoms with Gasteiger partial charge in [0.1, 0.15) is 0 Å². The number of rotatable bonds is 2. The number of carbonyl (C=O) groups is 1. The fourth-order valence-electron chi connectivity index (χ4n) is 2.56. The molecule has 0 aliphatic heterocycles. The molecule has 0 saturated heterocycles. The molecule has 0 radical (unpaired) electrons. The molecule has 88 valence electrons. The Morgan fingerprint density at radius 2 is 1.94 bits per heavy atom. The fourth-order valence-corrected chi connectivity index (χ4v) is 2.56. The Bertz CT molecular complexity index is 404. The topological polar surface area (TPSA) is 53.1 Å². The number of H-pyrrole nitrogens is 1. The lowest BCUT2D eigenvalue weighted by molar-refractivity contribution is 0.0694. The standard InChI is InChI=1S/C13H19NO2/c1-8(2)12-11(13(15)16)9-6-4-3-5-7-10(9)14-12/h8,14H,3-7H2,1-2H3,(H,15,16). The number of fused-ring (bicyclic) bond motifs is 1. The summed E-state index contributed by atoms with van der Waals surface area (Å²) in [5.74, 6) is -0.527. The van der Waals surface area contributed by atoms with E-state index in [2.05, 4.69) is 4.98 Å². The van der Waals surface area contributed by atoms with Crippen LogP contribution in [0.1, 0.15) is 66.3 Å². The molecule has 0 fully saturated rings. The van der Waals surface area contributed by atoms with Crippen LogP contribution in [0, 0.1) is 0 Å². The first-order chi connectivity index (χ1) is 7.61. The van der Waals surface area contributed by atoms with Gasteiger partial charge in [0.15, 0.2) is 0 Å². The second kappa shape index (κ2) is 4.32. The lowest BCUT2D eigenvalue weighted by Gasteiger charge is -2.05. The van der Waals surface area contributed by atoms with Crippen LogP contribution in [-0.4, -0.2) is 16.1 Å². The number of nitrogens with one attached hydrogen (secondary N) is 1. The van der Waals surface area contributed by atoms with E-state index >= 15 is 0 Å². The average Bonchev–Trinajstić information content (AvgIpc) is 2.43. The highest BCUT2D eigenvalue weighted by atomic mass is 16.4. The molecule has 16 heavy (non-hydrogen) atoms. The zero-order chi connectivity index (χ0) is 11.7. The van der Waals surface area contributed by atoms with Crippen LogP contribution >= 0.6 is 0 Å². The van der Waals surface area contributed by atoms with Crippen LogP contribution in [0.25, 0.3) is 0 Å². The highest BCUT2D eigenvalue weighted by molar-refractivity contribution is 5.91. The third kappa shape index (κ3) is 1.86. The molecule has 1 aliphatic rings. The van der Waals surface area contributed by atoms with Gasteiger partial charge < -0.3 is 10.1 Å². The molecule has 1 heterocycles. The number of aromatic amines is 1. The molecule has 1 aromatic heterocycles. The van der Waals surface area contributed by atoms with E-state index in [0.29, 0.717) is 5.56 Å². The first kappa shape index (κ1) is 11.2. The van der Waals surface area contributed by atoms with Gasteiger partial charge in [0.2, 0.25) is 0 Å². The number of hydrogen-bond acceptors (Lipinski definition) is 1. The highest BCUT2D eigenvalue weighted by Gasteiger charge is 2.24. The third-order valence-electron chi connectivity index (χ3n) is 3.37. The van der Waals surface area contributed by atoms with Crippen molar-refractivity contribution in [2.75, 3.05) is 0 Å². The predicted octanol–water partition coefficient (Wildman–Crippen LogP) is 3.11. The molecule has 0 aromatic carbocycles. The van der Waals surface area contributed by atoms with Gasteiger partial charge in [-0.3, -0.25) is 0 Å². The number of aromatic nitrogens is 1. The molecule has 3 nitrogen and oxygen atoms in total. The molecule has 0 spiro atoms. The van der Waals surface area contributed by atoms with E-state index in [-0.39, 0.29) is 5.92 Å². The van der Waals surface area contributed by atoms with Gasteiger partial charge in [-0.1, -0.05) is 20.3 Å². The van der Waals surface area contributed by atoms with Gasteiger partial charge >= 0.3 is 5.97 Å². The molecule has 2 rings (SSSR count). The van der Waals surface area contributed by atoms with E-state index in [4.69, 9.17) is 0 Å². The summed E-state index contributed by atoms with van der Waals surface area (Å²) >= 11 is 0. The van der Waals surface area contributed by atoms with Crippen LogP contribution in [-0.2, 0) is 12.8 Å². The predicted molar refractivity (Wildman–Crippen MR) is 63.1 cm³/mol. The largest absolute Gasteiger partial charge is 0.478 e. The van der Waals surface area contributed by atoms with E-state index in [9.17, 15) is 9.90 Å². The third-order valence-corrected chi connectivity index (χ3v) is 3.37. The smallest absolute Gasteiger partial charge is 0.337 e. The summed E-state index contributed by atoms with van der Waals surface area (Å²) in [6, 6.07) is 0. The zero-order valence-corrected chi connectivity index (χ0v) is 9.97. The minimum atomic E-state index is -0.775. The monoisotopic (exact) mass is 221 g/mol. The Morgan fingerprint density at radius 3 is 2.56 bits per heavy atom. The second-order valence-corrected chi connectivity index (χ2v) is 4.89. The van der Waals surface area contributed by atoms with E-state index in [0.717, 1.165) is 30.5 Å². The molecule has 1 aromatic rings. The quantitative estimate of drug-likeness (QED) is 0.754. The van der Waals surface area contributed by atoms with Crippen LogP contribution < -0.4 is 0 Å². The zero-order valence-electron chi connectivity index (χ0n) is 9.97. The van der Waals surface area contributed by atoms with Crippen molar-refractivity contribution in [3.8, 4) is 0 Å². The molecular weight excluding hydrogens is 202 g/mol. The highest BCUT2D eigenvalue weighted by Crippen LogP contribution is 2.30. The Kier molecular flexibility index (Phi) is 3.03. The molecule has 3 heteroatoms. The summed E-state index contributed by atoms with van der Waals surface area (Å²) in [6.07, 6.45) is 5.41. The molecule has 0 saturated carbocycles. The molecule has 1 aliphatic carbocycles. The van der Waals surface area contributed by atoms with Gasteiger partial charge in [-0.15, -0.1) is 0 Å². The fraction of sp³-hybridized carbons (Fsp3) is 0.615. The van der Waals surface area contributed by atoms with Gasteiger partial charge in [0, 0.05) is 11.4 Å². The maximum absolute atomic E-state index is 11.4. The van der Waals surface area contributed by atoms with Gasteiger partial charge in [-0.2, -0.15) is 0 Å². The van der Waals surface area contributed by atoms with Crippen molar-refractivity contribution < 1.29 is 9.90 Å². The number of hydrogen-bond donors (Lipinski definition) is 2.